The molecular weight excluding hydrogens is 376 g/mol. The van der Waals surface area contributed by atoms with E-state index in [1.807, 2.05) is 37.4 Å². The van der Waals surface area contributed by atoms with E-state index in [9.17, 15) is 9.59 Å². The number of thiophene rings is 1. The zero-order valence-corrected chi connectivity index (χ0v) is 17.1. The normalized spacial score (nSPS) is 11.1. The van der Waals surface area contributed by atoms with Gasteiger partial charge in [0, 0.05) is 35.9 Å². The van der Waals surface area contributed by atoms with E-state index in [4.69, 9.17) is 14.8 Å². The smallest absolute Gasteiger partial charge is 0.303 e. The van der Waals surface area contributed by atoms with Crippen LogP contribution in [0, 0.1) is 6.92 Å². The second-order valence-corrected chi connectivity index (χ2v) is 7.62. The monoisotopic (exact) mass is 400 g/mol. The fraction of sp³-hybridized carbons (Fsp3) is 0.381. The number of fused-ring (bicyclic) bond motifs is 1. The minimum Gasteiger partial charge on any atom is -0.496 e. The van der Waals surface area contributed by atoms with Gasteiger partial charge >= 0.3 is 5.97 Å². The van der Waals surface area contributed by atoms with Gasteiger partial charge in [0.1, 0.15) is 16.4 Å². The average Bonchev–Trinajstić information content (AvgIpc) is 3.08. The Morgan fingerprint density at radius 2 is 2.11 bits per heavy atom. The summed E-state index contributed by atoms with van der Waals surface area (Å²) in [5, 5.41) is 11.5. The fourth-order valence-corrected chi connectivity index (χ4v) is 4.28. The van der Waals surface area contributed by atoms with Crippen molar-refractivity contribution in [2.45, 2.75) is 46.1 Å². The van der Waals surface area contributed by atoms with Gasteiger partial charge in [0.15, 0.2) is 0 Å². The van der Waals surface area contributed by atoms with Gasteiger partial charge in [-0.2, -0.15) is 0 Å². The maximum Gasteiger partial charge on any atom is 0.303 e. The molecule has 2 heterocycles. The van der Waals surface area contributed by atoms with Crippen LogP contribution in [0.5, 0.6) is 5.75 Å². The lowest BCUT2D eigenvalue weighted by Gasteiger charge is -2.13. The summed E-state index contributed by atoms with van der Waals surface area (Å²) in [6, 6.07) is 5.88. The highest BCUT2D eigenvalue weighted by atomic mass is 32.1. The van der Waals surface area contributed by atoms with Gasteiger partial charge in [-0.3, -0.25) is 14.2 Å². The van der Waals surface area contributed by atoms with E-state index in [1.54, 1.807) is 11.7 Å². The van der Waals surface area contributed by atoms with Crippen molar-refractivity contribution in [3.63, 3.8) is 0 Å². The summed E-state index contributed by atoms with van der Waals surface area (Å²) in [6.07, 6.45) is 1.96. The van der Waals surface area contributed by atoms with Crippen LogP contribution in [-0.4, -0.2) is 27.7 Å². The Balaban J connectivity index is 2.19. The van der Waals surface area contributed by atoms with Crippen molar-refractivity contribution in [1.29, 1.82) is 0 Å². The third-order valence-electron chi connectivity index (χ3n) is 4.66. The zero-order chi connectivity index (χ0) is 20.3. The number of hydrogen-bond acceptors (Lipinski definition) is 5. The lowest BCUT2D eigenvalue weighted by Crippen LogP contribution is -2.25. The van der Waals surface area contributed by atoms with E-state index in [2.05, 4.69) is 0 Å². The average molecular weight is 401 g/mol. The van der Waals surface area contributed by atoms with Gasteiger partial charge in [0.25, 0.3) is 5.56 Å². The molecule has 0 aliphatic carbocycles. The lowest BCUT2D eigenvalue weighted by atomic mass is 10.0. The molecule has 0 saturated heterocycles. The van der Waals surface area contributed by atoms with E-state index < -0.39 is 5.97 Å². The molecule has 1 aromatic carbocycles. The van der Waals surface area contributed by atoms with Crippen molar-refractivity contribution in [2.24, 2.45) is 0 Å². The van der Waals surface area contributed by atoms with Gasteiger partial charge in [0.2, 0.25) is 0 Å². The Bertz CT molecular complexity index is 1070. The number of methoxy groups -OCH3 is 1. The van der Waals surface area contributed by atoms with Crippen LogP contribution in [0.2, 0.25) is 0 Å². The third-order valence-corrected chi connectivity index (χ3v) is 5.54. The van der Waals surface area contributed by atoms with Crippen LogP contribution in [0.1, 0.15) is 37.6 Å². The molecule has 0 unspecified atom stereocenters. The summed E-state index contributed by atoms with van der Waals surface area (Å²) in [7, 11) is 1.62. The summed E-state index contributed by atoms with van der Waals surface area (Å²) in [5.74, 6) is 0.564. The van der Waals surface area contributed by atoms with Crippen LogP contribution in [0.3, 0.4) is 0 Å². The molecule has 0 aliphatic heterocycles. The Morgan fingerprint density at radius 1 is 1.32 bits per heavy atom. The van der Waals surface area contributed by atoms with Crippen LogP contribution in [0.25, 0.3) is 21.3 Å². The summed E-state index contributed by atoms with van der Waals surface area (Å²) in [6.45, 7) is 4.39. The number of benzene rings is 1. The number of hydrogen-bond donors (Lipinski definition) is 1. The molecule has 0 amide bonds. The zero-order valence-electron chi connectivity index (χ0n) is 16.3. The molecule has 28 heavy (non-hydrogen) atoms. The molecule has 0 bridgehead atoms. The molecule has 0 spiro atoms. The number of ether oxygens (including phenoxy) is 1. The van der Waals surface area contributed by atoms with Crippen LogP contribution in [-0.2, 0) is 17.8 Å². The number of carbonyl (C=O) groups is 1. The van der Waals surface area contributed by atoms with E-state index >= 15 is 0 Å². The molecule has 3 rings (SSSR count). The number of carboxylic acids is 1. The molecule has 3 aromatic rings. The summed E-state index contributed by atoms with van der Waals surface area (Å²) in [5.41, 5.74) is 2.65. The van der Waals surface area contributed by atoms with Crippen molar-refractivity contribution in [1.82, 2.24) is 9.55 Å². The number of aliphatic carboxylic acids is 1. The van der Waals surface area contributed by atoms with Crippen LogP contribution in [0.15, 0.2) is 28.4 Å². The molecule has 2 aromatic heterocycles. The van der Waals surface area contributed by atoms with E-state index in [1.165, 1.54) is 11.3 Å². The SMILES string of the molecule is CCCc1nc2scc(-c3cc(C)ccc3OC)c2c(=O)n1CCCC(=O)O. The van der Waals surface area contributed by atoms with Crippen LogP contribution in [0.4, 0.5) is 0 Å². The molecule has 7 heteroatoms. The highest BCUT2D eigenvalue weighted by Crippen LogP contribution is 2.37. The van der Waals surface area contributed by atoms with Gasteiger partial charge in [-0.25, -0.2) is 4.98 Å². The standard InChI is InChI=1S/C21H24N2O4S/c1-4-6-17-22-20-19(21(26)23(17)10-5-7-18(24)25)15(12-28-20)14-11-13(2)8-9-16(14)27-3/h8-9,11-12H,4-7,10H2,1-3H3,(H,24,25). The van der Waals surface area contributed by atoms with E-state index in [-0.39, 0.29) is 12.0 Å². The quantitative estimate of drug-likeness (QED) is 0.611. The fourth-order valence-electron chi connectivity index (χ4n) is 3.33. The number of carboxylic acid groups (broad SMARTS) is 1. The number of aromatic nitrogens is 2. The van der Waals surface area contributed by atoms with Gasteiger partial charge < -0.3 is 9.84 Å². The Labute approximate surface area is 167 Å². The first kappa shape index (κ1) is 20.1. The van der Waals surface area contributed by atoms with Gasteiger partial charge in [-0.05, 0) is 31.9 Å². The number of nitrogens with zero attached hydrogens (tertiary/aromatic N) is 2. The third kappa shape index (κ3) is 3.94. The summed E-state index contributed by atoms with van der Waals surface area (Å²) >= 11 is 1.45. The van der Waals surface area contributed by atoms with Crippen molar-refractivity contribution < 1.29 is 14.6 Å². The summed E-state index contributed by atoms with van der Waals surface area (Å²) < 4.78 is 7.15. The van der Waals surface area contributed by atoms with E-state index in [0.29, 0.717) is 35.4 Å². The van der Waals surface area contributed by atoms with Gasteiger partial charge in [-0.15, -0.1) is 11.3 Å². The molecule has 148 valence electrons. The first-order chi connectivity index (χ1) is 13.5. The summed E-state index contributed by atoms with van der Waals surface area (Å²) in [4.78, 5) is 29.7. The molecule has 0 fully saturated rings. The van der Waals surface area contributed by atoms with Crippen molar-refractivity contribution in [2.75, 3.05) is 7.11 Å². The predicted octanol–water partition coefficient (Wildman–Crippen LogP) is 4.26. The molecule has 0 aliphatic rings. The minimum atomic E-state index is -0.861. The number of rotatable bonds is 8. The minimum absolute atomic E-state index is 0.0260. The highest BCUT2D eigenvalue weighted by Gasteiger charge is 2.19. The van der Waals surface area contributed by atoms with E-state index in [0.717, 1.165) is 28.9 Å². The first-order valence-corrected chi connectivity index (χ1v) is 10.2. The topological polar surface area (TPSA) is 81.4 Å². The Kier molecular flexibility index (Phi) is 6.14. The van der Waals surface area contributed by atoms with Crippen molar-refractivity contribution >= 4 is 27.5 Å². The highest BCUT2D eigenvalue weighted by molar-refractivity contribution is 7.17. The van der Waals surface area contributed by atoms with Gasteiger partial charge in [0.05, 0.1) is 12.5 Å². The Morgan fingerprint density at radius 3 is 2.79 bits per heavy atom. The largest absolute Gasteiger partial charge is 0.496 e. The molecule has 0 saturated carbocycles. The van der Waals surface area contributed by atoms with Crippen molar-refractivity contribution in [3.8, 4) is 16.9 Å². The molecule has 1 N–H and O–H groups in total. The maximum atomic E-state index is 13.4. The lowest BCUT2D eigenvalue weighted by molar-refractivity contribution is -0.137. The first-order valence-electron chi connectivity index (χ1n) is 9.34. The number of aryl methyl sites for hydroxylation is 2. The Hall–Kier alpha value is -2.67. The predicted molar refractivity (Wildman–Crippen MR) is 111 cm³/mol. The molecule has 0 atom stereocenters. The molecule has 0 radical (unpaired) electrons. The van der Waals surface area contributed by atoms with Crippen molar-refractivity contribution in [3.05, 3.63) is 45.3 Å². The maximum absolute atomic E-state index is 13.4. The van der Waals surface area contributed by atoms with Gasteiger partial charge in [-0.1, -0.05) is 18.6 Å². The molecular formula is C21H24N2O4S. The van der Waals surface area contributed by atoms with Crippen LogP contribution < -0.4 is 10.3 Å². The second kappa shape index (κ2) is 8.56. The molecule has 6 nitrogen and oxygen atoms in total. The van der Waals surface area contributed by atoms with Crippen LogP contribution >= 0.6 is 11.3 Å². The second-order valence-electron chi connectivity index (χ2n) is 6.77.